The second-order valence-electron chi connectivity index (χ2n) is 8.42. The number of carbonyl (C=O) groups excluding carboxylic acids is 2. The molecular formula is C24H24BrN3O2. The smallest absolute Gasteiger partial charge is 0.228 e. The minimum atomic E-state index is -0.249. The lowest BCUT2D eigenvalue weighted by atomic mass is 10.0. The van der Waals surface area contributed by atoms with Crippen molar-refractivity contribution in [1.29, 1.82) is 0 Å². The molecule has 0 aliphatic carbocycles. The number of aromatic nitrogens is 1. The number of rotatable bonds is 3. The van der Waals surface area contributed by atoms with Gasteiger partial charge in [0.25, 0.3) is 0 Å². The van der Waals surface area contributed by atoms with Crippen LogP contribution in [0, 0.1) is 12.8 Å². The van der Waals surface area contributed by atoms with E-state index < -0.39 is 0 Å². The summed E-state index contributed by atoms with van der Waals surface area (Å²) in [5.41, 5.74) is 5.82. The van der Waals surface area contributed by atoms with Crippen molar-refractivity contribution in [2.24, 2.45) is 5.92 Å². The van der Waals surface area contributed by atoms with Crippen LogP contribution < -0.4 is 0 Å². The summed E-state index contributed by atoms with van der Waals surface area (Å²) in [7, 11) is 0. The zero-order chi connectivity index (χ0) is 20.8. The Hall–Kier alpha value is -2.60. The Morgan fingerprint density at radius 1 is 1.20 bits per heavy atom. The monoisotopic (exact) mass is 465 g/mol. The molecule has 1 atom stereocenters. The number of carbonyl (C=O) groups is 2. The molecule has 1 fully saturated rings. The van der Waals surface area contributed by atoms with E-state index in [1.54, 1.807) is 0 Å². The number of H-pyrrole nitrogens is 1. The van der Waals surface area contributed by atoms with Gasteiger partial charge in [0.1, 0.15) is 0 Å². The Bertz CT molecular complexity index is 1140. The predicted octanol–water partition coefficient (Wildman–Crippen LogP) is 4.17. The standard InChI is InChI=1S/C24H24BrN3O2/c1-15-5-7-16(8-6-15)12-28-13-17(11-22(28)29)24(30)27-10-9-21-19(14-27)18-3-2-4-20(25)23(18)26-21/h2-8,17,26H,9-14H2,1H3. The molecule has 3 aromatic rings. The molecule has 3 heterocycles. The summed E-state index contributed by atoms with van der Waals surface area (Å²) in [5.74, 6) is -0.0751. The van der Waals surface area contributed by atoms with Crippen LogP contribution in [0.2, 0.25) is 0 Å². The van der Waals surface area contributed by atoms with E-state index in [4.69, 9.17) is 0 Å². The molecule has 5 rings (SSSR count). The molecule has 5 nitrogen and oxygen atoms in total. The Balaban J connectivity index is 1.30. The summed E-state index contributed by atoms with van der Waals surface area (Å²) in [6.07, 6.45) is 1.13. The quantitative estimate of drug-likeness (QED) is 0.630. The number of hydrogen-bond donors (Lipinski definition) is 1. The van der Waals surface area contributed by atoms with E-state index in [1.165, 1.54) is 22.2 Å². The van der Waals surface area contributed by atoms with E-state index >= 15 is 0 Å². The highest BCUT2D eigenvalue weighted by molar-refractivity contribution is 9.10. The lowest BCUT2D eigenvalue weighted by Gasteiger charge is -2.29. The molecule has 2 amide bonds. The van der Waals surface area contributed by atoms with Gasteiger partial charge < -0.3 is 14.8 Å². The highest BCUT2D eigenvalue weighted by Gasteiger charge is 2.37. The Morgan fingerprint density at radius 2 is 2.00 bits per heavy atom. The third kappa shape index (κ3) is 3.43. The van der Waals surface area contributed by atoms with Crippen LogP contribution in [0.15, 0.2) is 46.9 Å². The van der Waals surface area contributed by atoms with E-state index in [0.717, 1.165) is 22.0 Å². The van der Waals surface area contributed by atoms with Crippen LogP contribution >= 0.6 is 15.9 Å². The van der Waals surface area contributed by atoms with Crippen molar-refractivity contribution in [3.8, 4) is 0 Å². The van der Waals surface area contributed by atoms with Gasteiger partial charge in [0.05, 0.1) is 11.4 Å². The van der Waals surface area contributed by atoms with Crippen LogP contribution in [0.5, 0.6) is 0 Å². The zero-order valence-electron chi connectivity index (χ0n) is 17.0. The van der Waals surface area contributed by atoms with Gasteiger partial charge in [-0.25, -0.2) is 0 Å². The number of halogens is 1. The van der Waals surface area contributed by atoms with Gasteiger partial charge in [0, 0.05) is 60.1 Å². The van der Waals surface area contributed by atoms with Gasteiger partial charge in [-0.3, -0.25) is 9.59 Å². The number of para-hydroxylation sites is 1. The van der Waals surface area contributed by atoms with Crippen LogP contribution in [-0.2, 0) is 29.1 Å². The summed E-state index contributed by atoms with van der Waals surface area (Å²) < 4.78 is 1.04. The van der Waals surface area contributed by atoms with Crippen molar-refractivity contribution in [3.63, 3.8) is 0 Å². The first-order chi connectivity index (χ1) is 14.5. The second kappa shape index (κ2) is 7.58. The van der Waals surface area contributed by atoms with Crippen LogP contribution in [-0.4, -0.2) is 39.7 Å². The molecule has 2 aliphatic heterocycles. The number of nitrogens with one attached hydrogen (secondary N) is 1. The molecule has 1 saturated heterocycles. The number of fused-ring (bicyclic) bond motifs is 3. The van der Waals surface area contributed by atoms with Crippen molar-refractivity contribution in [3.05, 3.63) is 69.3 Å². The lowest BCUT2D eigenvalue weighted by Crippen LogP contribution is -2.40. The predicted molar refractivity (Wildman–Crippen MR) is 120 cm³/mol. The Kier molecular flexibility index (Phi) is 4.89. The van der Waals surface area contributed by atoms with E-state index in [-0.39, 0.29) is 17.7 Å². The number of hydrogen-bond acceptors (Lipinski definition) is 2. The molecule has 1 N–H and O–H groups in total. The third-order valence-corrected chi connectivity index (χ3v) is 6.99. The van der Waals surface area contributed by atoms with Gasteiger partial charge in [-0.1, -0.05) is 42.0 Å². The van der Waals surface area contributed by atoms with Crippen molar-refractivity contribution < 1.29 is 9.59 Å². The highest BCUT2D eigenvalue weighted by Crippen LogP contribution is 2.33. The fourth-order valence-corrected chi connectivity index (χ4v) is 5.12. The van der Waals surface area contributed by atoms with Gasteiger partial charge >= 0.3 is 0 Å². The minimum Gasteiger partial charge on any atom is -0.357 e. The van der Waals surface area contributed by atoms with Crippen LogP contribution in [0.1, 0.15) is 28.8 Å². The van der Waals surface area contributed by atoms with Gasteiger partial charge in [0.15, 0.2) is 0 Å². The Labute approximate surface area is 184 Å². The molecular weight excluding hydrogens is 442 g/mol. The van der Waals surface area contributed by atoms with Gasteiger partial charge in [-0.2, -0.15) is 0 Å². The average molecular weight is 466 g/mol. The molecule has 0 saturated carbocycles. The van der Waals surface area contributed by atoms with Crippen molar-refractivity contribution in [1.82, 2.24) is 14.8 Å². The first-order valence-corrected chi connectivity index (χ1v) is 11.2. The number of nitrogens with zero attached hydrogens (tertiary/aromatic N) is 2. The van der Waals surface area contributed by atoms with Crippen molar-refractivity contribution in [2.45, 2.75) is 32.9 Å². The zero-order valence-corrected chi connectivity index (χ0v) is 18.5. The topological polar surface area (TPSA) is 56.4 Å². The summed E-state index contributed by atoms with van der Waals surface area (Å²) in [5, 5.41) is 1.17. The molecule has 1 aromatic heterocycles. The molecule has 154 valence electrons. The third-order valence-electron chi connectivity index (χ3n) is 6.33. The van der Waals surface area contributed by atoms with E-state index in [2.05, 4.69) is 58.2 Å². The van der Waals surface area contributed by atoms with Crippen LogP contribution in [0.3, 0.4) is 0 Å². The van der Waals surface area contributed by atoms with Gasteiger partial charge in [0.2, 0.25) is 11.8 Å². The van der Waals surface area contributed by atoms with Crippen molar-refractivity contribution >= 4 is 38.6 Å². The Morgan fingerprint density at radius 3 is 2.80 bits per heavy atom. The molecule has 0 radical (unpaired) electrons. The summed E-state index contributed by atoms with van der Waals surface area (Å²) in [4.78, 5) is 33.1. The normalized spacial score (nSPS) is 18.9. The largest absolute Gasteiger partial charge is 0.357 e. The number of likely N-dealkylation sites (tertiary alicyclic amines) is 1. The number of aryl methyl sites for hydroxylation is 1. The molecule has 6 heteroatoms. The first-order valence-electron chi connectivity index (χ1n) is 10.4. The van der Waals surface area contributed by atoms with E-state index in [1.807, 2.05) is 21.9 Å². The lowest BCUT2D eigenvalue weighted by molar-refractivity contribution is -0.136. The number of amides is 2. The number of benzene rings is 2. The second-order valence-corrected chi connectivity index (χ2v) is 9.27. The summed E-state index contributed by atoms with van der Waals surface area (Å²) in [6.45, 7) is 4.43. The van der Waals surface area contributed by atoms with E-state index in [9.17, 15) is 9.59 Å². The number of aromatic amines is 1. The molecule has 0 bridgehead atoms. The fraction of sp³-hybridized carbons (Fsp3) is 0.333. The highest BCUT2D eigenvalue weighted by atomic mass is 79.9. The van der Waals surface area contributed by atoms with Crippen molar-refractivity contribution in [2.75, 3.05) is 13.1 Å². The van der Waals surface area contributed by atoms with Crippen LogP contribution in [0.4, 0.5) is 0 Å². The fourth-order valence-electron chi connectivity index (χ4n) is 4.65. The molecule has 2 aliphatic rings. The first kappa shape index (κ1) is 19.4. The molecule has 1 unspecified atom stereocenters. The molecule has 30 heavy (non-hydrogen) atoms. The average Bonchev–Trinajstić information content (AvgIpc) is 3.30. The maximum absolute atomic E-state index is 13.3. The van der Waals surface area contributed by atoms with Gasteiger partial charge in [-0.05, 0) is 34.5 Å². The maximum atomic E-state index is 13.3. The van der Waals surface area contributed by atoms with Crippen LogP contribution in [0.25, 0.3) is 10.9 Å². The van der Waals surface area contributed by atoms with E-state index in [0.29, 0.717) is 32.6 Å². The molecule has 2 aromatic carbocycles. The minimum absolute atomic E-state index is 0.0719. The van der Waals surface area contributed by atoms with Gasteiger partial charge in [-0.15, -0.1) is 0 Å². The SMILES string of the molecule is Cc1ccc(CN2CC(C(=O)N3CCc4[nH]c5c(Br)cccc5c4C3)CC2=O)cc1. The molecule has 0 spiro atoms. The maximum Gasteiger partial charge on any atom is 0.228 e. The summed E-state index contributed by atoms with van der Waals surface area (Å²) in [6, 6.07) is 14.4. The summed E-state index contributed by atoms with van der Waals surface area (Å²) >= 11 is 3.61.